The van der Waals surface area contributed by atoms with Gasteiger partial charge in [-0.1, -0.05) is 23.9 Å². The van der Waals surface area contributed by atoms with E-state index in [4.69, 9.17) is 0 Å². The van der Waals surface area contributed by atoms with Crippen LogP contribution in [0.15, 0.2) is 58.6 Å². The van der Waals surface area contributed by atoms with Crippen molar-refractivity contribution >= 4 is 39.3 Å². The summed E-state index contributed by atoms with van der Waals surface area (Å²) in [5.74, 6) is 0.731. The first-order valence-corrected chi connectivity index (χ1v) is 8.09. The van der Waals surface area contributed by atoms with E-state index >= 15 is 0 Å². The molecule has 0 fully saturated rings. The average molecular weight is 336 g/mol. The van der Waals surface area contributed by atoms with Crippen LogP contribution in [-0.2, 0) is 0 Å². The van der Waals surface area contributed by atoms with Crippen LogP contribution in [0.25, 0.3) is 21.8 Å². The van der Waals surface area contributed by atoms with Crippen LogP contribution in [0.5, 0.6) is 0 Å². The maximum Gasteiger partial charge on any atom is 0.285 e. The number of nitrogens with one attached hydrogen (secondary N) is 1. The zero-order valence-electron chi connectivity index (χ0n) is 12.7. The first-order valence-electron chi connectivity index (χ1n) is 7.28. The van der Waals surface area contributed by atoms with E-state index < -0.39 is 0 Å². The standard InChI is InChI=1S/C17H12N4O2S/c1-10-19-13-5-6-14(21(22)23)17(16(13)20-10)24-15-4-2-3-11-9-18-8-7-12(11)15/h2-9H,1H3,(H,19,20). The number of fused-ring (bicyclic) bond motifs is 2. The second kappa shape index (κ2) is 5.61. The monoisotopic (exact) mass is 336 g/mol. The van der Waals surface area contributed by atoms with Crippen molar-refractivity contribution in [1.82, 2.24) is 15.0 Å². The molecule has 0 amide bonds. The van der Waals surface area contributed by atoms with Crippen LogP contribution in [0.2, 0.25) is 0 Å². The number of nitro groups is 1. The third kappa shape index (κ3) is 2.39. The fourth-order valence-electron chi connectivity index (χ4n) is 2.70. The summed E-state index contributed by atoms with van der Waals surface area (Å²) in [6.45, 7) is 1.84. The zero-order valence-corrected chi connectivity index (χ0v) is 13.5. The Morgan fingerprint density at radius 2 is 2.08 bits per heavy atom. The van der Waals surface area contributed by atoms with E-state index in [1.165, 1.54) is 17.8 Å². The molecule has 24 heavy (non-hydrogen) atoms. The molecule has 0 aliphatic carbocycles. The van der Waals surface area contributed by atoms with Gasteiger partial charge in [0.25, 0.3) is 5.69 Å². The molecule has 0 radical (unpaired) electrons. The van der Waals surface area contributed by atoms with Gasteiger partial charge in [-0.05, 0) is 30.5 Å². The highest BCUT2D eigenvalue weighted by atomic mass is 32.2. The lowest BCUT2D eigenvalue weighted by atomic mass is 10.2. The van der Waals surface area contributed by atoms with Gasteiger partial charge in [-0.2, -0.15) is 0 Å². The molecule has 2 aromatic heterocycles. The van der Waals surface area contributed by atoms with Crippen LogP contribution in [0.1, 0.15) is 5.82 Å². The van der Waals surface area contributed by atoms with E-state index in [-0.39, 0.29) is 10.6 Å². The van der Waals surface area contributed by atoms with Crippen LogP contribution in [0.3, 0.4) is 0 Å². The molecule has 0 atom stereocenters. The minimum atomic E-state index is -0.363. The number of hydrogen-bond acceptors (Lipinski definition) is 5. The molecule has 118 valence electrons. The highest BCUT2D eigenvalue weighted by Gasteiger charge is 2.21. The third-order valence-corrected chi connectivity index (χ3v) is 4.94. The Morgan fingerprint density at radius 3 is 2.92 bits per heavy atom. The van der Waals surface area contributed by atoms with Gasteiger partial charge in [0.05, 0.1) is 10.4 Å². The van der Waals surface area contributed by atoms with Gasteiger partial charge >= 0.3 is 0 Å². The minimum absolute atomic E-state index is 0.0602. The topological polar surface area (TPSA) is 84.7 Å². The highest BCUT2D eigenvalue weighted by molar-refractivity contribution is 8.00. The minimum Gasteiger partial charge on any atom is -0.342 e. The van der Waals surface area contributed by atoms with E-state index in [0.717, 1.165) is 27.0 Å². The van der Waals surface area contributed by atoms with Crippen molar-refractivity contribution in [3.63, 3.8) is 0 Å². The summed E-state index contributed by atoms with van der Waals surface area (Å²) < 4.78 is 0. The van der Waals surface area contributed by atoms with E-state index in [9.17, 15) is 10.1 Å². The summed E-state index contributed by atoms with van der Waals surface area (Å²) in [5.41, 5.74) is 1.48. The maximum atomic E-state index is 11.5. The van der Waals surface area contributed by atoms with Gasteiger partial charge in [0, 0.05) is 28.7 Å². The fourth-order valence-corrected chi connectivity index (χ4v) is 3.86. The van der Waals surface area contributed by atoms with Gasteiger partial charge in [0.1, 0.15) is 16.2 Å². The summed E-state index contributed by atoms with van der Waals surface area (Å²) in [6, 6.07) is 11.0. The van der Waals surface area contributed by atoms with Gasteiger partial charge in [0.2, 0.25) is 0 Å². The Balaban J connectivity index is 1.95. The van der Waals surface area contributed by atoms with Gasteiger partial charge in [-0.3, -0.25) is 15.1 Å². The second-order valence-corrected chi connectivity index (χ2v) is 6.40. The number of nitro benzene ring substituents is 1. The lowest BCUT2D eigenvalue weighted by Gasteiger charge is -2.07. The lowest BCUT2D eigenvalue weighted by molar-refractivity contribution is -0.387. The molecule has 7 heteroatoms. The average Bonchev–Trinajstić information content (AvgIpc) is 2.96. The largest absolute Gasteiger partial charge is 0.342 e. The number of benzene rings is 2. The molecule has 0 spiro atoms. The Bertz CT molecular complexity index is 1090. The van der Waals surface area contributed by atoms with Crippen molar-refractivity contribution in [1.29, 1.82) is 0 Å². The number of rotatable bonds is 3. The van der Waals surface area contributed by atoms with Crippen molar-refractivity contribution in [2.45, 2.75) is 16.7 Å². The summed E-state index contributed by atoms with van der Waals surface area (Å²) >= 11 is 1.36. The number of nitrogens with zero attached hydrogens (tertiary/aromatic N) is 3. The molecular weight excluding hydrogens is 324 g/mol. The van der Waals surface area contributed by atoms with Crippen LogP contribution >= 0.6 is 11.8 Å². The number of imidazole rings is 1. The summed E-state index contributed by atoms with van der Waals surface area (Å²) in [7, 11) is 0. The smallest absolute Gasteiger partial charge is 0.285 e. The molecule has 0 unspecified atom stereocenters. The Hall–Kier alpha value is -2.93. The van der Waals surface area contributed by atoms with Crippen molar-refractivity contribution in [3.8, 4) is 0 Å². The van der Waals surface area contributed by atoms with Crippen molar-refractivity contribution in [2.75, 3.05) is 0 Å². The molecular formula is C17H12N4O2S. The highest BCUT2D eigenvalue weighted by Crippen LogP contribution is 2.41. The van der Waals surface area contributed by atoms with Gasteiger partial charge in [0.15, 0.2) is 0 Å². The van der Waals surface area contributed by atoms with Crippen molar-refractivity contribution in [3.05, 3.63) is 64.7 Å². The number of aromatic amines is 1. The number of pyridine rings is 1. The molecule has 0 aliphatic rings. The normalized spacial score (nSPS) is 11.2. The molecule has 0 bridgehead atoms. The van der Waals surface area contributed by atoms with Crippen LogP contribution in [-0.4, -0.2) is 19.9 Å². The number of aromatic nitrogens is 3. The molecule has 2 heterocycles. The second-order valence-electron chi connectivity index (χ2n) is 5.34. The number of aryl methyl sites for hydroxylation is 1. The van der Waals surface area contributed by atoms with Gasteiger partial charge < -0.3 is 4.98 Å². The Morgan fingerprint density at radius 1 is 1.21 bits per heavy atom. The number of H-pyrrole nitrogens is 1. The molecule has 4 aromatic rings. The predicted octanol–water partition coefficient (Wildman–Crippen LogP) is 4.48. The predicted molar refractivity (Wildman–Crippen MR) is 93.4 cm³/mol. The summed E-state index contributed by atoms with van der Waals surface area (Å²) in [4.78, 5) is 24.3. The molecule has 0 saturated carbocycles. The zero-order chi connectivity index (χ0) is 16.7. The Kier molecular flexibility index (Phi) is 3.42. The SMILES string of the molecule is Cc1nc2c(Sc3cccc4cnccc34)c([N+](=O)[O-])ccc2[nH]1. The Labute approximate surface area is 141 Å². The molecule has 4 rings (SSSR count). The molecule has 0 saturated heterocycles. The fraction of sp³-hybridized carbons (Fsp3) is 0.0588. The van der Waals surface area contributed by atoms with Crippen LogP contribution < -0.4 is 0 Å². The third-order valence-electron chi connectivity index (χ3n) is 3.76. The van der Waals surface area contributed by atoms with Crippen molar-refractivity contribution in [2.24, 2.45) is 0 Å². The van der Waals surface area contributed by atoms with Crippen LogP contribution in [0.4, 0.5) is 5.69 Å². The molecule has 0 aliphatic heterocycles. The molecule has 2 aromatic carbocycles. The first kappa shape index (κ1) is 14.6. The molecule has 6 nitrogen and oxygen atoms in total. The maximum absolute atomic E-state index is 11.5. The van der Waals surface area contributed by atoms with Gasteiger partial charge in [-0.15, -0.1) is 0 Å². The van der Waals surface area contributed by atoms with Crippen molar-refractivity contribution < 1.29 is 4.92 Å². The summed E-state index contributed by atoms with van der Waals surface area (Å²) in [5, 5.41) is 13.5. The summed E-state index contributed by atoms with van der Waals surface area (Å²) in [6.07, 6.45) is 3.51. The number of hydrogen-bond donors (Lipinski definition) is 1. The van der Waals surface area contributed by atoms with E-state index in [1.54, 1.807) is 18.5 Å². The first-order chi connectivity index (χ1) is 11.6. The lowest BCUT2D eigenvalue weighted by Crippen LogP contribution is -1.92. The quantitative estimate of drug-likeness (QED) is 0.440. The molecule has 1 N–H and O–H groups in total. The van der Waals surface area contributed by atoms with E-state index in [1.807, 2.05) is 31.2 Å². The van der Waals surface area contributed by atoms with E-state index in [2.05, 4.69) is 15.0 Å². The van der Waals surface area contributed by atoms with Crippen LogP contribution in [0, 0.1) is 17.0 Å². The van der Waals surface area contributed by atoms with Gasteiger partial charge in [-0.25, -0.2) is 4.98 Å². The van der Waals surface area contributed by atoms with E-state index in [0.29, 0.717) is 10.4 Å².